The van der Waals surface area contributed by atoms with Crippen LogP contribution in [-0.4, -0.2) is 21.0 Å². The first-order valence-electron chi connectivity index (χ1n) is 7.19. The maximum atomic E-state index is 12.2. The zero-order chi connectivity index (χ0) is 17.2. The fourth-order valence-electron chi connectivity index (χ4n) is 2.20. The number of para-hydroxylation sites is 1. The Morgan fingerprint density at radius 3 is 2.80 bits per heavy atom. The fraction of sp³-hybridized carbons (Fsp3) is 0. The molecule has 0 fully saturated rings. The third-order valence-corrected chi connectivity index (χ3v) is 3.99. The number of fused-ring (bicyclic) bond motifs is 1. The topological polar surface area (TPSA) is 106 Å². The molecule has 0 bridgehead atoms. The minimum absolute atomic E-state index is 0.0532. The maximum absolute atomic E-state index is 12.2. The van der Waals surface area contributed by atoms with Crippen molar-refractivity contribution in [3.8, 4) is 11.4 Å². The van der Waals surface area contributed by atoms with Crippen molar-refractivity contribution < 1.29 is 13.7 Å². The van der Waals surface area contributed by atoms with Crippen molar-refractivity contribution in [3.63, 3.8) is 0 Å². The van der Waals surface area contributed by atoms with Crippen molar-refractivity contribution in [1.82, 2.24) is 20.6 Å². The van der Waals surface area contributed by atoms with Crippen molar-refractivity contribution >= 4 is 38.8 Å². The van der Waals surface area contributed by atoms with Gasteiger partial charge in [0, 0.05) is 23.3 Å². The number of nitrogens with zero attached hydrogens (tertiary/aromatic N) is 3. The van der Waals surface area contributed by atoms with E-state index in [2.05, 4.69) is 41.9 Å². The molecule has 0 unspecified atom stereocenters. The van der Waals surface area contributed by atoms with Gasteiger partial charge in [-0.1, -0.05) is 17.3 Å². The molecule has 4 rings (SSSR count). The second kappa shape index (κ2) is 6.36. The number of halogens is 1. The van der Waals surface area contributed by atoms with Crippen LogP contribution >= 0.6 is 15.9 Å². The Morgan fingerprint density at radius 1 is 1.16 bits per heavy atom. The van der Waals surface area contributed by atoms with Gasteiger partial charge in [0.05, 0.1) is 4.47 Å². The molecule has 9 heteroatoms. The van der Waals surface area contributed by atoms with Gasteiger partial charge in [-0.2, -0.15) is 4.98 Å². The minimum atomic E-state index is -0.466. The molecule has 25 heavy (non-hydrogen) atoms. The van der Waals surface area contributed by atoms with Gasteiger partial charge < -0.3 is 8.94 Å². The maximum Gasteiger partial charge on any atom is 0.340 e. The quantitative estimate of drug-likeness (QED) is 0.506. The van der Waals surface area contributed by atoms with Gasteiger partial charge in [-0.15, -0.1) is 0 Å². The molecule has 3 heterocycles. The Labute approximate surface area is 149 Å². The zero-order valence-corrected chi connectivity index (χ0v) is 14.1. The summed E-state index contributed by atoms with van der Waals surface area (Å²) in [5.74, 6) is 0.0712. The SMILES string of the molecule is O=C(NNc1nc(-c2ccncc2)no1)c1cc2cccc(Br)c2o1. The van der Waals surface area contributed by atoms with Crippen molar-refractivity contribution in [2.24, 2.45) is 0 Å². The summed E-state index contributed by atoms with van der Waals surface area (Å²) in [6, 6.07) is 10.8. The molecule has 124 valence electrons. The molecule has 3 aromatic heterocycles. The molecule has 0 atom stereocenters. The number of amides is 1. The number of hydrogen-bond acceptors (Lipinski definition) is 7. The standard InChI is InChI=1S/C16H10BrN5O3/c17-11-3-1-2-10-8-12(24-13(10)11)15(23)20-21-16-19-14(22-25-16)9-4-6-18-7-5-9/h1-8H,(H,20,23)(H,19,21,22). The van der Waals surface area contributed by atoms with E-state index in [4.69, 9.17) is 8.94 Å². The number of rotatable bonds is 4. The Balaban J connectivity index is 1.46. The Bertz CT molecular complexity index is 1040. The van der Waals surface area contributed by atoms with Gasteiger partial charge >= 0.3 is 11.9 Å². The van der Waals surface area contributed by atoms with Crippen molar-refractivity contribution in [3.05, 3.63) is 59.0 Å². The lowest BCUT2D eigenvalue weighted by Gasteiger charge is -2.00. The monoisotopic (exact) mass is 399 g/mol. The molecule has 0 aliphatic carbocycles. The lowest BCUT2D eigenvalue weighted by molar-refractivity contribution is 0.0935. The summed E-state index contributed by atoms with van der Waals surface area (Å²) in [4.78, 5) is 20.3. The van der Waals surface area contributed by atoms with Crippen LogP contribution in [0.15, 0.2) is 62.2 Å². The average Bonchev–Trinajstić information content (AvgIpc) is 3.28. The molecule has 0 aliphatic rings. The van der Waals surface area contributed by atoms with Crippen LogP contribution in [-0.2, 0) is 0 Å². The first kappa shape index (κ1) is 15.3. The number of carbonyl (C=O) groups is 1. The van der Waals surface area contributed by atoms with Crippen LogP contribution in [0.4, 0.5) is 6.01 Å². The van der Waals surface area contributed by atoms with Crippen LogP contribution in [0.25, 0.3) is 22.4 Å². The van der Waals surface area contributed by atoms with Gasteiger partial charge in [0.1, 0.15) is 5.58 Å². The lowest BCUT2D eigenvalue weighted by atomic mass is 10.2. The van der Waals surface area contributed by atoms with Crippen LogP contribution in [0.1, 0.15) is 10.6 Å². The third kappa shape index (κ3) is 3.09. The highest BCUT2D eigenvalue weighted by Crippen LogP contribution is 2.26. The average molecular weight is 400 g/mol. The summed E-state index contributed by atoms with van der Waals surface area (Å²) >= 11 is 3.38. The number of aromatic nitrogens is 3. The smallest absolute Gasteiger partial charge is 0.340 e. The normalized spacial score (nSPS) is 10.8. The number of furan rings is 1. The number of hydrogen-bond donors (Lipinski definition) is 2. The lowest BCUT2D eigenvalue weighted by Crippen LogP contribution is -2.29. The van der Waals surface area contributed by atoms with Crippen LogP contribution in [0.3, 0.4) is 0 Å². The predicted octanol–water partition coefficient (Wildman–Crippen LogP) is 3.40. The Morgan fingerprint density at radius 2 is 2.00 bits per heavy atom. The number of anilines is 1. The molecule has 0 saturated heterocycles. The molecule has 0 spiro atoms. The van der Waals surface area contributed by atoms with Crippen LogP contribution in [0.2, 0.25) is 0 Å². The van der Waals surface area contributed by atoms with E-state index in [1.807, 2.05) is 18.2 Å². The Kier molecular flexibility index (Phi) is 3.90. The third-order valence-electron chi connectivity index (χ3n) is 3.37. The first-order valence-corrected chi connectivity index (χ1v) is 7.98. The highest BCUT2D eigenvalue weighted by atomic mass is 79.9. The number of pyridine rings is 1. The summed E-state index contributed by atoms with van der Waals surface area (Å²) in [5, 5.41) is 4.64. The van der Waals surface area contributed by atoms with Crippen LogP contribution < -0.4 is 10.9 Å². The van der Waals surface area contributed by atoms with E-state index in [1.165, 1.54) is 0 Å². The highest BCUT2D eigenvalue weighted by molar-refractivity contribution is 9.10. The van der Waals surface area contributed by atoms with E-state index in [0.717, 1.165) is 15.4 Å². The first-order chi connectivity index (χ1) is 12.2. The number of benzene rings is 1. The molecule has 1 aromatic carbocycles. The largest absolute Gasteiger partial charge is 0.450 e. The van der Waals surface area contributed by atoms with E-state index in [9.17, 15) is 4.79 Å². The van der Waals surface area contributed by atoms with Gasteiger partial charge in [0.15, 0.2) is 5.76 Å². The number of nitrogens with one attached hydrogen (secondary N) is 2. The van der Waals surface area contributed by atoms with Crippen molar-refractivity contribution in [2.75, 3.05) is 5.43 Å². The summed E-state index contributed by atoms with van der Waals surface area (Å²) < 4.78 is 11.4. The second-order valence-electron chi connectivity index (χ2n) is 5.01. The molecule has 8 nitrogen and oxygen atoms in total. The molecule has 0 aliphatic heterocycles. The van der Waals surface area contributed by atoms with Gasteiger partial charge in [0.2, 0.25) is 5.82 Å². The summed E-state index contributed by atoms with van der Waals surface area (Å²) in [6.45, 7) is 0. The molecular weight excluding hydrogens is 390 g/mol. The molecule has 4 aromatic rings. The van der Waals surface area contributed by atoms with E-state index in [1.54, 1.807) is 30.6 Å². The van der Waals surface area contributed by atoms with E-state index >= 15 is 0 Å². The minimum Gasteiger partial charge on any atom is -0.450 e. The van der Waals surface area contributed by atoms with Crippen molar-refractivity contribution in [2.45, 2.75) is 0 Å². The van der Waals surface area contributed by atoms with Gasteiger partial charge in [-0.3, -0.25) is 15.2 Å². The van der Waals surface area contributed by atoms with E-state index in [-0.39, 0.29) is 11.8 Å². The summed E-state index contributed by atoms with van der Waals surface area (Å²) in [7, 11) is 0. The summed E-state index contributed by atoms with van der Waals surface area (Å²) in [6.07, 6.45) is 3.25. The Hall–Kier alpha value is -3.20. The predicted molar refractivity (Wildman–Crippen MR) is 92.5 cm³/mol. The molecule has 0 saturated carbocycles. The highest BCUT2D eigenvalue weighted by Gasteiger charge is 2.15. The van der Waals surface area contributed by atoms with E-state index < -0.39 is 5.91 Å². The second-order valence-corrected chi connectivity index (χ2v) is 5.86. The van der Waals surface area contributed by atoms with Gasteiger partial charge in [-0.25, -0.2) is 5.43 Å². The van der Waals surface area contributed by atoms with Crippen molar-refractivity contribution in [1.29, 1.82) is 0 Å². The molecule has 2 N–H and O–H groups in total. The molecule has 0 radical (unpaired) electrons. The zero-order valence-electron chi connectivity index (χ0n) is 12.6. The fourth-order valence-corrected chi connectivity index (χ4v) is 2.67. The van der Waals surface area contributed by atoms with Gasteiger partial charge in [0.25, 0.3) is 0 Å². The summed E-state index contributed by atoms with van der Waals surface area (Å²) in [5.41, 5.74) is 6.37. The molecular formula is C16H10BrN5O3. The molecule has 1 amide bonds. The van der Waals surface area contributed by atoms with Gasteiger partial charge in [-0.05, 0) is 40.2 Å². The number of hydrazine groups is 1. The number of carbonyl (C=O) groups excluding carboxylic acids is 1. The van der Waals surface area contributed by atoms with Crippen LogP contribution in [0.5, 0.6) is 0 Å². The van der Waals surface area contributed by atoms with Crippen LogP contribution in [0, 0.1) is 0 Å². The van der Waals surface area contributed by atoms with E-state index in [0.29, 0.717) is 11.4 Å².